The standard InChI is InChI=1S/C22H31O2S/c1-16-7-10-18(11-8-16)25(23,24)15-19-17(2)9-12-20-21(3,4)13-6-14-22(19,20)5/h7-11,13,19-20H,6,12,14-15H2,1-5H3/t19-,20-,22+/m0/s1. The van der Waals surface area contributed by atoms with Gasteiger partial charge in [-0.05, 0) is 74.3 Å². The van der Waals surface area contributed by atoms with Crippen molar-refractivity contribution in [1.29, 1.82) is 0 Å². The Morgan fingerprint density at radius 3 is 2.36 bits per heavy atom. The third-order valence-electron chi connectivity index (χ3n) is 6.84. The monoisotopic (exact) mass is 359 g/mol. The fraction of sp³-hybridized carbons (Fsp3) is 0.591. The smallest absolute Gasteiger partial charge is 0.178 e. The van der Waals surface area contributed by atoms with Gasteiger partial charge in [0, 0.05) is 0 Å². The van der Waals surface area contributed by atoms with Crippen LogP contribution in [-0.2, 0) is 9.84 Å². The predicted octanol–water partition coefficient (Wildman–Crippen LogP) is 5.38. The van der Waals surface area contributed by atoms with Crippen molar-refractivity contribution in [3.05, 3.63) is 47.9 Å². The lowest BCUT2D eigenvalue weighted by molar-refractivity contribution is -0.000396. The van der Waals surface area contributed by atoms with Crippen molar-refractivity contribution in [3.63, 3.8) is 0 Å². The Kier molecular flexibility index (Phi) is 4.68. The van der Waals surface area contributed by atoms with Gasteiger partial charge in [-0.2, -0.15) is 0 Å². The van der Waals surface area contributed by atoms with Crippen molar-refractivity contribution < 1.29 is 8.42 Å². The van der Waals surface area contributed by atoms with Gasteiger partial charge in [0.1, 0.15) is 0 Å². The van der Waals surface area contributed by atoms with Crippen molar-refractivity contribution in [1.82, 2.24) is 0 Å². The Hall–Kier alpha value is -1.09. The molecule has 0 amide bonds. The molecule has 0 N–H and O–H groups in total. The molecule has 0 saturated heterocycles. The van der Waals surface area contributed by atoms with E-state index in [1.165, 1.54) is 5.57 Å². The van der Waals surface area contributed by atoms with Crippen molar-refractivity contribution >= 4 is 9.84 Å². The number of aryl methyl sites for hydroxylation is 1. The maximum atomic E-state index is 13.1. The highest BCUT2D eigenvalue weighted by Crippen LogP contribution is 2.59. The molecule has 1 fully saturated rings. The van der Waals surface area contributed by atoms with E-state index >= 15 is 0 Å². The van der Waals surface area contributed by atoms with Crippen molar-refractivity contribution in [2.24, 2.45) is 22.7 Å². The normalized spacial score (nSPS) is 32.0. The predicted molar refractivity (Wildman–Crippen MR) is 104 cm³/mol. The third-order valence-corrected chi connectivity index (χ3v) is 8.60. The second-order valence-corrected chi connectivity index (χ2v) is 11.0. The van der Waals surface area contributed by atoms with Gasteiger partial charge >= 0.3 is 0 Å². The lowest BCUT2D eigenvalue weighted by Gasteiger charge is -2.56. The van der Waals surface area contributed by atoms with Crippen LogP contribution in [0.2, 0.25) is 0 Å². The van der Waals surface area contributed by atoms with Crippen molar-refractivity contribution in [2.75, 3.05) is 5.75 Å². The molecule has 0 spiro atoms. The third kappa shape index (κ3) is 3.32. The van der Waals surface area contributed by atoms with E-state index in [-0.39, 0.29) is 22.5 Å². The van der Waals surface area contributed by atoms with E-state index in [1.807, 2.05) is 19.1 Å². The van der Waals surface area contributed by atoms with E-state index in [0.717, 1.165) is 24.8 Å². The van der Waals surface area contributed by atoms with Crippen LogP contribution in [0.1, 0.15) is 52.5 Å². The van der Waals surface area contributed by atoms with Gasteiger partial charge in [-0.15, -0.1) is 0 Å². The maximum absolute atomic E-state index is 13.1. The van der Waals surface area contributed by atoms with E-state index in [0.29, 0.717) is 10.8 Å². The molecule has 1 saturated carbocycles. The minimum absolute atomic E-state index is 0.0504. The minimum Gasteiger partial charge on any atom is -0.224 e. The lowest BCUT2D eigenvalue weighted by atomic mass is 9.49. The molecule has 0 aromatic heterocycles. The van der Waals surface area contributed by atoms with Crippen molar-refractivity contribution in [3.8, 4) is 0 Å². The van der Waals surface area contributed by atoms with Gasteiger partial charge in [-0.3, -0.25) is 0 Å². The lowest BCUT2D eigenvalue weighted by Crippen LogP contribution is -2.50. The summed E-state index contributed by atoms with van der Waals surface area (Å²) in [4.78, 5) is 0.457. The number of benzene rings is 1. The summed E-state index contributed by atoms with van der Waals surface area (Å²) in [5, 5.41) is 0. The van der Waals surface area contributed by atoms with Crippen LogP contribution in [0.15, 0.2) is 40.8 Å². The maximum Gasteiger partial charge on any atom is 0.178 e. The van der Waals surface area contributed by atoms with Crippen LogP contribution in [0.25, 0.3) is 0 Å². The zero-order chi connectivity index (χ0) is 18.5. The number of sulfone groups is 1. The van der Waals surface area contributed by atoms with E-state index in [4.69, 9.17) is 0 Å². The van der Waals surface area contributed by atoms with Gasteiger partial charge in [0.15, 0.2) is 9.84 Å². The first-order chi connectivity index (χ1) is 11.6. The fourth-order valence-electron chi connectivity index (χ4n) is 5.26. The fourth-order valence-corrected chi connectivity index (χ4v) is 7.09. The Bertz CT molecular complexity index is 771. The number of hydrogen-bond donors (Lipinski definition) is 0. The molecule has 0 heterocycles. The Morgan fingerprint density at radius 1 is 1.08 bits per heavy atom. The molecule has 2 aliphatic carbocycles. The average Bonchev–Trinajstić information content (AvgIpc) is 2.50. The first kappa shape index (κ1) is 18.7. The van der Waals surface area contributed by atoms with Gasteiger partial charge in [0.05, 0.1) is 10.6 Å². The molecule has 137 valence electrons. The quantitative estimate of drug-likeness (QED) is 0.679. The second-order valence-electron chi connectivity index (χ2n) is 8.95. The van der Waals surface area contributed by atoms with Crippen LogP contribution < -0.4 is 0 Å². The van der Waals surface area contributed by atoms with Crippen LogP contribution >= 0.6 is 0 Å². The van der Waals surface area contributed by atoms with Crippen LogP contribution in [0.5, 0.6) is 0 Å². The average molecular weight is 360 g/mol. The zero-order valence-corrected chi connectivity index (χ0v) is 17.0. The molecule has 25 heavy (non-hydrogen) atoms. The molecule has 3 atom stereocenters. The zero-order valence-electron chi connectivity index (χ0n) is 16.2. The SMILES string of the molecule is CC1=CC[C@H]2C(C)(C)[CH]CC[C@]2(C)[C@H]1CS(=O)(=O)c1ccc(C)cc1. The summed E-state index contributed by atoms with van der Waals surface area (Å²) >= 11 is 0. The van der Waals surface area contributed by atoms with Crippen LogP contribution in [-0.4, -0.2) is 14.2 Å². The first-order valence-electron chi connectivity index (χ1n) is 9.37. The summed E-state index contributed by atoms with van der Waals surface area (Å²) in [7, 11) is -3.29. The molecule has 1 aromatic carbocycles. The number of hydrogen-bond acceptors (Lipinski definition) is 2. The van der Waals surface area contributed by atoms with Gasteiger partial charge in [-0.25, -0.2) is 8.42 Å². The highest BCUT2D eigenvalue weighted by molar-refractivity contribution is 7.91. The molecular weight excluding hydrogens is 328 g/mol. The van der Waals surface area contributed by atoms with Gasteiger partial charge in [0.25, 0.3) is 0 Å². The molecule has 3 rings (SSSR count). The number of allylic oxidation sites excluding steroid dienone is 2. The largest absolute Gasteiger partial charge is 0.224 e. The molecule has 1 aromatic rings. The van der Waals surface area contributed by atoms with Gasteiger partial charge < -0.3 is 0 Å². The Morgan fingerprint density at radius 2 is 1.72 bits per heavy atom. The molecule has 3 heteroatoms. The van der Waals surface area contributed by atoms with Gasteiger partial charge in [-0.1, -0.05) is 50.1 Å². The summed E-state index contributed by atoms with van der Waals surface area (Å²) in [6, 6.07) is 7.29. The molecular formula is C22H31O2S. The van der Waals surface area contributed by atoms with E-state index < -0.39 is 9.84 Å². The van der Waals surface area contributed by atoms with E-state index in [1.54, 1.807) is 12.1 Å². The van der Waals surface area contributed by atoms with Crippen LogP contribution in [0.4, 0.5) is 0 Å². The summed E-state index contributed by atoms with van der Waals surface area (Å²) in [6.07, 6.45) is 7.96. The molecule has 0 unspecified atom stereocenters. The summed E-state index contributed by atoms with van der Waals surface area (Å²) in [6.45, 7) is 11.1. The van der Waals surface area contributed by atoms with E-state index in [2.05, 4.69) is 40.2 Å². The summed E-state index contributed by atoms with van der Waals surface area (Å²) in [5.41, 5.74) is 2.56. The molecule has 0 bridgehead atoms. The highest BCUT2D eigenvalue weighted by atomic mass is 32.2. The summed E-state index contributed by atoms with van der Waals surface area (Å²) < 4.78 is 26.2. The van der Waals surface area contributed by atoms with E-state index in [9.17, 15) is 8.42 Å². The Labute approximate surface area is 153 Å². The molecule has 2 nitrogen and oxygen atoms in total. The van der Waals surface area contributed by atoms with Crippen LogP contribution in [0, 0.1) is 36.0 Å². The first-order valence-corrected chi connectivity index (χ1v) is 11.0. The van der Waals surface area contributed by atoms with Crippen LogP contribution in [0.3, 0.4) is 0 Å². The Balaban J connectivity index is 1.96. The summed E-state index contributed by atoms with van der Waals surface area (Å²) in [5.74, 6) is 0.836. The minimum atomic E-state index is -3.29. The number of rotatable bonds is 3. The highest BCUT2D eigenvalue weighted by Gasteiger charge is 2.52. The van der Waals surface area contributed by atoms with Gasteiger partial charge in [0.2, 0.25) is 0 Å². The molecule has 2 aliphatic rings. The topological polar surface area (TPSA) is 34.1 Å². The molecule has 0 aliphatic heterocycles. The van der Waals surface area contributed by atoms with Crippen molar-refractivity contribution in [2.45, 2.75) is 58.8 Å². The molecule has 1 radical (unpaired) electrons. The second kappa shape index (κ2) is 6.26. The number of fused-ring (bicyclic) bond motifs is 1.